The number of carbonyl (C=O) groups is 2. The standard InChI is InChI=1S/C18H18F2N2O3/c1-12(23)21-16(13-5-3-2-4-6-13)11-17(24)22-14-7-9-15(10-8-14)25-18(19)20/h2-10,16,18H,11H2,1H3,(H,21,23)(H,22,24). The molecule has 0 saturated carbocycles. The first-order valence-corrected chi connectivity index (χ1v) is 7.61. The molecule has 132 valence electrons. The van der Waals surface area contributed by atoms with Crippen LogP contribution in [0.25, 0.3) is 0 Å². The van der Waals surface area contributed by atoms with Crippen LogP contribution >= 0.6 is 0 Å². The summed E-state index contributed by atoms with van der Waals surface area (Å²) >= 11 is 0. The Bertz CT molecular complexity index is 706. The van der Waals surface area contributed by atoms with Gasteiger partial charge in [0.25, 0.3) is 0 Å². The summed E-state index contributed by atoms with van der Waals surface area (Å²) in [5.41, 5.74) is 1.26. The first-order valence-electron chi connectivity index (χ1n) is 7.61. The number of benzene rings is 2. The highest BCUT2D eigenvalue weighted by atomic mass is 19.3. The van der Waals surface area contributed by atoms with E-state index >= 15 is 0 Å². The van der Waals surface area contributed by atoms with Gasteiger partial charge >= 0.3 is 6.61 Å². The zero-order valence-corrected chi connectivity index (χ0v) is 13.5. The van der Waals surface area contributed by atoms with Gasteiger partial charge in [0.1, 0.15) is 5.75 Å². The molecular formula is C18H18F2N2O3. The predicted octanol–water partition coefficient (Wildman–Crippen LogP) is 3.49. The molecule has 2 aromatic rings. The summed E-state index contributed by atoms with van der Waals surface area (Å²) in [6, 6.07) is 14.3. The maximum absolute atomic E-state index is 12.2. The second-order valence-electron chi connectivity index (χ2n) is 5.32. The van der Waals surface area contributed by atoms with Crippen molar-refractivity contribution < 1.29 is 23.1 Å². The SMILES string of the molecule is CC(=O)NC(CC(=O)Nc1ccc(OC(F)F)cc1)c1ccccc1. The topological polar surface area (TPSA) is 67.4 Å². The van der Waals surface area contributed by atoms with Gasteiger partial charge in [-0.2, -0.15) is 8.78 Å². The van der Waals surface area contributed by atoms with E-state index in [-0.39, 0.29) is 24.0 Å². The van der Waals surface area contributed by atoms with E-state index in [0.29, 0.717) is 5.69 Å². The molecule has 0 aliphatic carbocycles. The van der Waals surface area contributed by atoms with E-state index < -0.39 is 12.7 Å². The second-order valence-corrected chi connectivity index (χ2v) is 5.32. The molecule has 2 aromatic carbocycles. The lowest BCUT2D eigenvalue weighted by atomic mass is 10.0. The lowest BCUT2D eigenvalue weighted by Crippen LogP contribution is -2.29. The van der Waals surface area contributed by atoms with Gasteiger partial charge < -0.3 is 15.4 Å². The first-order chi connectivity index (χ1) is 11.9. The molecule has 0 fully saturated rings. The van der Waals surface area contributed by atoms with Crippen molar-refractivity contribution in [2.75, 3.05) is 5.32 Å². The number of hydrogen-bond acceptors (Lipinski definition) is 3. The van der Waals surface area contributed by atoms with Crippen LogP contribution in [0.5, 0.6) is 5.75 Å². The van der Waals surface area contributed by atoms with E-state index in [0.717, 1.165) is 5.56 Å². The summed E-state index contributed by atoms with van der Waals surface area (Å²) in [6.07, 6.45) is 0.0406. The molecule has 2 amide bonds. The van der Waals surface area contributed by atoms with Gasteiger partial charge in [-0.25, -0.2) is 0 Å². The Labute approximate surface area is 144 Å². The first kappa shape index (κ1) is 18.4. The van der Waals surface area contributed by atoms with Crippen LogP contribution in [0, 0.1) is 0 Å². The minimum absolute atomic E-state index is 0.00778. The van der Waals surface area contributed by atoms with E-state index in [1.807, 2.05) is 30.3 Å². The highest BCUT2D eigenvalue weighted by Crippen LogP contribution is 2.20. The molecule has 0 aliphatic heterocycles. The number of amides is 2. The predicted molar refractivity (Wildman–Crippen MR) is 89.3 cm³/mol. The fourth-order valence-electron chi connectivity index (χ4n) is 2.30. The Morgan fingerprint density at radius 1 is 1.04 bits per heavy atom. The molecule has 0 saturated heterocycles. The quantitative estimate of drug-likeness (QED) is 0.805. The van der Waals surface area contributed by atoms with Crippen LogP contribution in [0.15, 0.2) is 54.6 Å². The molecule has 0 spiro atoms. The molecule has 7 heteroatoms. The molecule has 2 rings (SSSR count). The van der Waals surface area contributed by atoms with Gasteiger partial charge in [0.2, 0.25) is 11.8 Å². The lowest BCUT2D eigenvalue weighted by Gasteiger charge is -2.18. The summed E-state index contributed by atoms with van der Waals surface area (Å²) in [4.78, 5) is 23.6. The number of nitrogens with one attached hydrogen (secondary N) is 2. The average molecular weight is 348 g/mol. The van der Waals surface area contributed by atoms with Gasteiger partial charge in [-0.3, -0.25) is 9.59 Å². The molecule has 0 aromatic heterocycles. The fourth-order valence-corrected chi connectivity index (χ4v) is 2.30. The van der Waals surface area contributed by atoms with Crippen LogP contribution in [-0.2, 0) is 9.59 Å². The lowest BCUT2D eigenvalue weighted by molar-refractivity contribution is -0.120. The molecule has 0 heterocycles. The van der Waals surface area contributed by atoms with Crippen molar-refractivity contribution in [2.24, 2.45) is 0 Å². The summed E-state index contributed by atoms with van der Waals surface area (Å²) in [5.74, 6) is -0.548. The van der Waals surface area contributed by atoms with E-state index in [2.05, 4.69) is 15.4 Å². The van der Waals surface area contributed by atoms with Crippen molar-refractivity contribution in [3.05, 3.63) is 60.2 Å². The van der Waals surface area contributed by atoms with Crippen molar-refractivity contribution in [2.45, 2.75) is 26.0 Å². The van der Waals surface area contributed by atoms with Crippen LogP contribution < -0.4 is 15.4 Å². The molecular weight excluding hydrogens is 330 g/mol. The van der Waals surface area contributed by atoms with Gasteiger partial charge in [0.15, 0.2) is 0 Å². The largest absolute Gasteiger partial charge is 0.435 e. The summed E-state index contributed by atoms with van der Waals surface area (Å²) in [7, 11) is 0. The molecule has 0 radical (unpaired) electrons. The number of rotatable bonds is 7. The summed E-state index contributed by atoms with van der Waals surface area (Å²) < 4.78 is 28.5. The minimum atomic E-state index is -2.90. The minimum Gasteiger partial charge on any atom is -0.435 e. The molecule has 25 heavy (non-hydrogen) atoms. The Morgan fingerprint density at radius 2 is 1.68 bits per heavy atom. The van der Waals surface area contributed by atoms with Gasteiger partial charge in [0, 0.05) is 12.6 Å². The Morgan fingerprint density at radius 3 is 2.24 bits per heavy atom. The molecule has 2 N–H and O–H groups in total. The summed E-state index contributed by atoms with van der Waals surface area (Å²) in [6.45, 7) is -1.51. The van der Waals surface area contributed by atoms with Crippen molar-refractivity contribution >= 4 is 17.5 Å². The Balaban J connectivity index is 2.00. The third-order valence-corrected chi connectivity index (χ3v) is 3.33. The highest BCUT2D eigenvalue weighted by Gasteiger charge is 2.17. The highest BCUT2D eigenvalue weighted by molar-refractivity contribution is 5.91. The van der Waals surface area contributed by atoms with E-state index in [1.165, 1.54) is 31.2 Å². The normalized spacial score (nSPS) is 11.7. The van der Waals surface area contributed by atoms with E-state index in [9.17, 15) is 18.4 Å². The maximum atomic E-state index is 12.2. The van der Waals surface area contributed by atoms with Crippen LogP contribution in [0.4, 0.5) is 14.5 Å². The molecule has 1 unspecified atom stereocenters. The molecule has 0 bridgehead atoms. The zero-order chi connectivity index (χ0) is 18.2. The number of ether oxygens (including phenoxy) is 1. The van der Waals surface area contributed by atoms with Crippen LogP contribution in [0.3, 0.4) is 0 Å². The van der Waals surface area contributed by atoms with E-state index in [4.69, 9.17) is 0 Å². The number of alkyl halides is 2. The second kappa shape index (κ2) is 8.77. The van der Waals surface area contributed by atoms with Crippen LogP contribution in [0.2, 0.25) is 0 Å². The molecule has 1 atom stereocenters. The summed E-state index contributed by atoms with van der Waals surface area (Å²) in [5, 5.41) is 5.40. The third-order valence-electron chi connectivity index (χ3n) is 3.33. The smallest absolute Gasteiger partial charge is 0.387 e. The molecule has 5 nitrogen and oxygen atoms in total. The fraction of sp³-hybridized carbons (Fsp3) is 0.222. The number of anilines is 1. The van der Waals surface area contributed by atoms with Crippen LogP contribution in [-0.4, -0.2) is 18.4 Å². The van der Waals surface area contributed by atoms with Gasteiger partial charge in [0.05, 0.1) is 12.5 Å². The molecule has 0 aliphatic rings. The zero-order valence-electron chi connectivity index (χ0n) is 13.5. The number of halogens is 2. The van der Waals surface area contributed by atoms with E-state index in [1.54, 1.807) is 0 Å². The van der Waals surface area contributed by atoms with Gasteiger partial charge in [-0.15, -0.1) is 0 Å². The van der Waals surface area contributed by atoms with Gasteiger partial charge in [-0.1, -0.05) is 30.3 Å². The number of carbonyl (C=O) groups excluding carboxylic acids is 2. The van der Waals surface area contributed by atoms with Crippen molar-refractivity contribution in [3.63, 3.8) is 0 Å². The monoisotopic (exact) mass is 348 g/mol. The average Bonchev–Trinajstić information content (AvgIpc) is 2.56. The van der Waals surface area contributed by atoms with Crippen molar-refractivity contribution in [1.82, 2.24) is 5.32 Å². The van der Waals surface area contributed by atoms with Crippen molar-refractivity contribution in [3.8, 4) is 5.75 Å². The Hall–Kier alpha value is -2.96. The maximum Gasteiger partial charge on any atom is 0.387 e. The number of hydrogen-bond donors (Lipinski definition) is 2. The Kier molecular flexibility index (Phi) is 6.45. The van der Waals surface area contributed by atoms with Crippen molar-refractivity contribution in [1.29, 1.82) is 0 Å². The van der Waals surface area contributed by atoms with Gasteiger partial charge in [-0.05, 0) is 29.8 Å². The third kappa shape index (κ3) is 6.21. The van der Waals surface area contributed by atoms with Crippen LogP contribution in [0.1, 0.15) is 24.9 Å².